The Kier molecular flexibility index (Phi) is 4.77. The van der Waals surface area contributed by atoms with Crippen molar-refractivity contribution in [2.45, 2.75) is 32.9 Å². The van der Waals surface area contributed by atoms with Crippen molar-refractivity contribution in [1.82, 2.24) is 4.90 Å². The molecule has 0 aromatic carbocycles. The third kappa shape index (κ3) is 3.03. The van der Waals surface area contributed by atoms with Crippen molar-refractivity contribution in [1.29, 1.82) is 0 Å². The molecule has 0 fully saturated rings. The maximum absolute atomic E-state index is 5.87. The summed E-state index contributed by atoms with van der Waals surface area (Å²) in [7, 11) is 2.17. The summed E-state index contributed by atoms with van der Waals surface area (Å²) < 4.78 is 0. The highest BCUT2D eigenvalue weighted by molar-refractivity contribution is 7.10. The van der Waals surface area contributed by atoms with Gasteiger partial charge in [-0.15, -0.1) is 11.3 Å². The Morgan fingerprint density at radius 1 is 1.40 bits per heavy atom. The third-order valence-electron chi connectivity index (χ3n) is 3.19. The Hall–Kier alpha value is -0.380. The summed E-state index contributed by atoms with van der Waals surface area (Å²) in [5.74, 6) is 0.656. The maximum Gasteiger partial charge on any atom is 0.0564 e. The average molecular weight is 226 g/mol. The summed E-state index contributed by atoms with van der Waals surface area (Å²) >= 11 is 1.79. The first kappa shape index (κ1) is 12.7. The zero-order valence-corrected chi connectivity index (χ0v) is 10.9. The lowest BCUT2D eigenvalue weighted by Crippen LogP contribution is -2.39. The van der Waals surface area contributed by atoms with Crippen molar-refractivity contribution in [3.8, 4) is 0 Å². The van der Waals surface area contributed by atoms with Crippen LogP contribution in [0.25, 0.3) is 0 Å². The SMILES string of the molecule is CC(C)C(C)N(C)C(CN)c1cccs1. The van der Waals surface area contributed by atoms with E-state index in [9.17, 15) is 0 Å². The second-order valence-electron chi connectivity index (χ2n) is 4.42. The fourth-order valence-electron chi connectivity index (χ4n) is 1.72. The van der Waals surface area contributed by atoms with Crippen molar-refractivity contribution >= 4 is 11.3 Å². The summed E-state index contributed by atoms with van der Waals surface area (Å²) in [6.07, 6.45) is 0. The van der Waals surface area contributed by atoms with Crippen LogP contribution in [0, 0.1) is 5.92 Å². The van der Waals surface area contributed by atoms with Gasteiger partial charge >= 0.3 is 0 Å². The molecule has 1 heterocycles. The lowest BCUT2D eigenvalue weighted by molar-refractivity contribution is 0.154. The Balaban J connectivity index is 2.75. The van der Waals surface area contributed by atoms with Crippen molar-refractivity contribution in [3.63, 3.8) is 0 Å². The molecule has 86 valence electrons. The van der Waals surface area contributed by atoms with Gasteiger partial charge in [0, 0.05) is 17.5 Å². The molecule has 0 aliphatic rings. The molecule has 2 atom stereocenters. The highest BCUT2D eigenvalue weighted by atomic mass is 32.1. The second kappa shape index (κ2) is 5.64. The Bertz CT molecular complexity index is 269. The smallest absolute Gasteiger partial charge is 0.0564 e. The zero-order chi connectivity index (χ0) is 11.4. The summed E-state index contributed by atoms with van der Waals surface area (Å²) in [5, 5.41) is 2.12. The molecule has 2 nitrogen and oxygen atoms in total. The van der Waals surface area contributed by atoms with E-state index >= 15 is 0 Å². The standard InChI is InChI=1S/C12H22N2S/c1-9(2)10(3)14(4)11(8-13)12-6-5-7-15-12/h5-7,9-11H,8,13H2,1-4H3. The first-order valence-electron chi connectivity index (χ1n) is 5.53. The van der Waals surface area contributed by atoms with Crippen LogP contribution < -0.4 is 5.73 Å². The molecule has 3 heteroatoms. The van der Waals surface area contributed by atoms with Crippen LogP contribution in [0.15, 0.2) is 17.5 Å². The van der Waals surface area contributed by atoms with Gasteiger partial charge in [-0.05, 0) is 31.3 Å². The average Bonchev–Trinajstić information content (AvgIpc) is 2.70. The number of thiophene rings is 1. The van der Waals surface area contributed by atoms with E-state index in [-0.39, 0.29) is 0 Å². The maximum atomic E-state index is 5.87. The lowest BCUT2D eigenvalue weighted by Gasteiger charge is -2.34. The lowest BCUT2D eigenvalue weighted by atomic mass is 10.0. The Morgan fingerprint density at radius 3 is 2.47 bits per heavy atom. The topological polar surface area (TPSA) is 29.3 Å². The van der Waals surface area contributed by atoms with Crippen molar-refractivity contribution in [2.24, 2.45) is 11.7 Å². The highest BCUT2D eigenvalue weighted by Crippen LogP contribution is 2.26. The fourth-order valence-corrected chi connectivity index (χ4v) is 2.61. The van der Waals surface area contributed by atoms with E-state index in [2.05, 4.69) is 50.2 Å². The molecule has 0 bridgehead atoms. The quantitative estimate of drug-likeness (QED) is 0.836. The minimum atomic E-state index is 0.363. The van der Waals surface area contributed by atoms with E-state index in [4.69, 9.17) is 5.73 Å². The summed E-state index contributed by atoms with van der Waals surface area (Å²) in [6.45, 7) is 7.46. The van der Waals surface area contributed by atoms with Crippen LogP contribution in [-0.2, 0) is 0 Å². The van der Waals surface area contributed by atoms with Crippen LogP contribution >= 0.6 is 11.3 Å². The van der Waals surface area contributed by atoms with Gasteiger partial charge in [0.15, 0.2) is 0 Å². The predicted molar refractivity (Wildman–Crippen MR) is 68.2 cm³/mol. The van der Waals surface area contributed by atoms with Gasteiger partial charge in [-0.3, -0.25) is 4.90 Å². The van der Waals surface area contributed by atoms with Gasteiger partial charge in [-0.1, -0.05) is 19.9 Å². The van der Waals surface area contributed by atoms with Gasteiger partial charge in [-0.25, -0.2) is 0 Å². The van der Waals surface area contributed by atoms with Crippen LogP contribution in [0.3, 0.4) is 0 Å². The van der Waals surface area contributed by atoms with E-state index in [1.807, 2.05) is 0 Å². The minimum Gasteiger partial charge on any atom is -0.329 e. The van der Waals surface area contributed by atoms with Crippen LogP contribution in [0.1, 0.15) is 31.7 Å². The molecular weight excluding hydrogens is 204 g/mol. The second-order valence-corrected chi connectivity index (χ2v) is 5.40. The number of nitrogens with two attached hydrogens (primary N) is 1. The molecule has 15 heavy (non-hydrogen) atoms. The molecule has 0 saturated heterocycles. The number of likely N-dealkylation sites (N-methyl/N-ethyl adjacent to an activating group) is 1. The van der Waals surface area contributed by atoms with E-state index in [0.717, 1.165) is 0 Å². The predicted octanol–water partition coefficient (Wildman–Crippen LogP) is 2.72. The Morgan fingerprint density at radius 2 is 2.07 bits per heavy atom. The van der Waals surface area contributed by atoms with Crippen LogP contribution in [-0.4, -0.2) is 24.5 Å². The number of nitrogens with zero attached hydrogens (tertiary/aromatic N) is 1. The summed E-state index contributed by atoms with van der Waals surface area (Å²) in [5.41, 5.74) is 5.87. The molecule has 0 aliphatic carbocycles. The summed E-state index contributed by atoms with van der Waals surface area (Å²) in [6, 6.07) is 5.19. The van der Waals surface area contributed by atoms with Crippen molar-refractivity contribution < 1.29 is 0 Å². The highest BCUT2D eigenvalue weighted by Gasteiger charge is 2.22. The van der Waals surface area contributed by atoms with Gasteiger partial charge < -0.3 is 5.73 Å². The van der Waals surface area contributed by atoms with Gasteiger partial charge in [0.2, 0.25) is 0 Å². The zero-order valence-electron chi connectivity index (χ0n) is 10.1. The van der Waals surface area contributed by atoms with Gasteiger partial charge in [0.25, 0.3) is 0 Å². The molecule has 0 saturated carbocycles. The first-order chi connectivity index (χ1) is 7.07. The number of hydrogen-bond acceptors (Lipinski definition) is 3. The van der Waals surface area contributed by atoms with Crippen molar-refractivity contribution in [2.75, 3.05) is 13.6 Å². The molecule has 1 rings (SSSR count). The van der Waals surface area contributed by atoms with E-state index in [1.165, 1.54) is 4.88 Å². The number of hydrogen-bond donors (Lipinski definition) is 1. The van der Waals surface area contributed by atoms with Gasteiger partial charge in [-0.2, -0.15) is 0 Å². The molecule has 0 amide bonds. The summed E-state index contributed by atoms with van der Waals surface area (Å²) in [4.78, 5) is 3.75. The van der Waals surface area contributed by atoms with Crippen LogP contribution in [0.4, 0.5) is 0 Å². The molecule has 1 aromatic rings. The van der Waals surface area contributed by atoms with Crippen molar-refractivity contribution in [3.05, 3.63) is 22.4 Å². The molecule has 2 unspecified atom stereocenters. The minimum absolute atomic E-state index is 0.363. The molecule has 2 N–H and O–H groups in total. The third-order valence-corrected chi connectivity index (χ3v) is 4.17. The van der Waals surface area contributed by atoms with Gasteiger partial charge in [0.1, 0.15) is 0 Å². The van der Waals surface area contributed by atoms with Gasteiger partial charge in [0.05, 0.1) is 6.04 Å². The van der Waals surface area contributed by atoms with Crippen LogP contribution in [0.5, 0.6) is 0 Å². The normalized spacial score (nSPS) is 15.9. The van der Waals surface area contributed by atoms with E-state index in [0.29, 0.717) is 24.5 Å². The fraction of sp³-hybridized carbons (Fsp3) is 0.667. The molecular formula is C12H22N2S. The number of rotatable bonds is 5. The largest absolute Gasteiger partial charge is 0.329 e. The van der Waals surface area contributed by atoms with E-state index < -0.39 is 0 Å². The van der Waals surface area contributed by atoms with Crippen LogP contribution in [0.2, 0.25) is 0 Å². The monoisotopic (exact) mass is 226 g/mol. The Labute approximate surface area is 97.1 Å². The first-order valence-corrected chi connectivity index (χ1v) is 6.41. The molecule has 0 aliphatic heterocycles. The molecule has 0 radical (unpaired) electrons. The van der Waals surface area contributed by atoms with E-state index in [1.54, 1.807) is 11.3 Å². The molecule has 1 aromatic heterocycles. The molecule has 0 spiro atoms.